The fourth-order valence-electron chi connectivity index (χ4n) is 3.39. The van der Waals surface area contributed by atoms with E-state index in [-0.39, 0.29) is 42.5 Å². The van der Waals surface area contributed by atoms with Gasteiger partial charge in [0.15, 0.2) is 5.96 Å². The van der Waals surface area contributed by atoms with Crippen molar-refractivity contribution in [2.75, 3.05) is 32.7 Å². The summed E-state index contributed by atoms with van der Waals surface area (Å²) in [7, 11) is 0. The van der Waals surface area contributed by atoms with Crippen molar-refractivity contribution in [2.24, 2.45) is 4.99 Å². The first-order chi connectivity index (χ1) is 14.7. The fraction of sp³-hybridized carbons (Fsp3) is 0.609. The molecule has 9 heteroatoms. The van der Waals surface area contributed by atoms with Gasteiger partial charge in [-0.1, -0.05) is 30.3 Å². The second-order valence-electron chi connectivity index (χ2n) is 8.64. The Morgan fingerprint density at radius 1 is 1.22 bits per heavy atom. The Morgan fingerprint density at radius 3 is 2.50 bits per heavy atom. The van der Waals surface area contributed by atoms with E-state index >= 15 is 0 Å². The highest BCUT2D eigenvalue weighted by atomic mass is 127. The molecule has 2 N–H and O–H groups in total. The van der Waals surface area contributed by atoms with Gasteiger partial charge in [-0.2, -0.15) is 0 Å². The molecule has 8 nitrogen and oxygen atoms in total. The van der Waals surface area contributed by atoms with Crippen LogP contribution in [0.1, 0.15) is 46.6 Å². The lowest BCUT2D eigenvalue weighted by Gasteiger charge is -2.24. The molecule has 0 spiro atoms. The standard InChI is InChI=1S/C23H37N5O3.HI/c1-6-24-21(28-14-13-19(17-28)26-22(30)31-23(3,4)5)25-15-20(29)27(7-2)16-18-11-9-8-10-12-18;/h8-12,19H,6-7,13-17H2,1-5H3,(H,24,25)(H,26,30);1H. The molecule has 1 atom stereocenters. The van der Waals surface area contributed by atoms with Crippen LogP contribution in [0.5, 0.6) is 0 Å². The largest absolute Gasteiger partial charge is 0.444 e. The van der Waals surface area contributed by atoms with Crippen LogP contribution in [0.15, 0.2) is 35.3 Å². The lowest BCUT2D eigenvalue weighted by molar-refractivity contribution is -0.130. The van der Waals surface area contributed by atoms with Crippen molar-refractivity contribution in [1.29, 1.82) is 0 Å². The van der Waals surface area contributed by atoms with Crippen LogP contribution in [0.3, 0.4) is 0 Å². The summed E-state index contributed by atoms with van der Waals surface area (Å²) >= 11 is 0. The summed E-state index contributed by atoms with van der Waals surface area (Å²) in [5.74, 6) is 0.685. The van der Waals surface area contributed by atoms with Crippen molar-refractivity contribution >= 4 is 41.9 Å². The van der Waals surface area contributed by atoms with E-state index < -0.39 is 11.7 Å². The van der Waals surface area contributed by atoms with Gasteiger partial charge in [-0.3, -0.25) is 4.79 Å². The van der Waals surface area contributed by atoms with Crippen LogP contribution in [-0.4, -0.2) is 72.1 Å². The van der Waals surface area contributed by atoms with Gasteiger partial charge in [-0.15, -0.1) is 24.0 Å². The molecular formula is C23H38IN5O3. The Balaban J connectivity index is 0.00000512. The number of ether oxygens (including phenoxy) is 1. The zero-order chi connectivity index (χ0) is 22.9. The summed E-state index contributed by atoms with van der Waals surface area (Å²) in [6.45, 7) is 12.9. The quantitative estimate of drug-likeness (QED) is 0.305. The Hall–Kier alpha value is -2.04. The Kier molecular flexibility index (Phi) is 11.8. The number of halogens is 1. The first-order valence-electron chi connectivity index (χ1n) is 11.1. The minimum Gasteiger partial charge on any atom is -0.444 e. The molecule has 2 rings (SSSR count). The van der Waals surface area contributed by atoms with Crippen molar-refractivity contribution in [3.63, 3.8) is 0 Å². The minimum absolute atomic E-state index is 0. The lowest BCUT2D eigenvalue weighted by atomic mass is 10.2. The zero-order valence-electron chi connectivity index (χ0n) is 19.9. The third-order valence-electron chi connectivity index (χ3n) is 4.86. The molecule has 1 saturated heterocycles. The highest BCUT2D eigenvalue weighted by Crippen LogP contribution is 2.12. The maximum Gasteiger partial charge on any atom is 0.407 e. The average Bonchev–Trinajstić information content (AvgIpc) is 3.16. The molecule has 1 heterocycles. The van der Waals surface area contributed by atoms with Crippen LogP contribution < -0.4 is 10.6 Å². The number of hydrogen-bond donors (Lipinski definition) is 2. The Morgan fingerprint density at radius 2 is 1.91 bits per heavy atom. The number of carbonyl (C=O) groups excluding carboxylic acids is 2. The number of amides is 2. The van der Waals surface area contributed by atoms with Gasteiger partial charge < -0.3 is 25.2 Å². The summed E-state index contributed by atoms with van der Waals surface area (Å²) in [6.07, 6.45) is 0.392. The molecule has 2 amide bonds. The van der Waals surface area contributed by atoms with Crippen molar-refractivity contribution in [3.8, 4) is 0 Å². The molecule has 32 heavy (non-hydrogen) atoms. The maximum absolute atomic E-state index is 12.7. The number of carbonyl (C=O) groups is 2. The first kappa shape index (κ1) is 28.0. The van der Waals surface area contributed by atoms with Gasteiger partial charge in [0.05, 0.1) is 6.04 Å². The van der Waals surface area contributed by atoms with Crippen LogP contribution in [0.4, 0.5) is 4.79 Å². The molecule has 0 aromatic heterocycles. The van der Waals surface area contributed by atoms with Crippen LogP contribution in [0, 0.1) is 0 Å². The molecule has 1 aliphatic rings. The second kappa shape index (κ2) is 13.5. The van der Waals surface area contributed by atoms with Crippen molar-refractivity contribution in [3.05, 3.63) is 35.9 Å². The van der Waals surface area contributed by atoms with E-state index in [1.807, 2.05) is 65.0 Å². The highest BCUT2D eigenvalue weighted by Gasteiger charge is 2.28. The molecule has 180 valence electrons. The molecule has 0 bridgehead atoms. The average molecular weight is 559 g/mol. The number of nitrogens with zero attached hydrogens (tertiary/aromatic N) is 3. The predicted octanol–water partition coefficient (Wildman–Crippen LogP) is 3.22. The van der Waals surface area contributed by atoms with Crippen molar-refractivity contribution in [1.82, 2.24) is 20.4 Å². The third-order valence-corrected chi connectivity index (χ3v) is 4.86. The van der Waals surface area contributed by atoms with Crippen LogP contribution in [0.2, 0.25) is 0 Å². The van der Waals surface area contributed by atoms with Gasteiger partial charge in [0.2, 0.25) is 5.91 Å². The number of alkyl carbamates (subject to hydrolysis) is 1. The number of nitrogens with one attached hydrogen (secondary N) is 2. The SMILES string of the molecule is CCNC(=NCC(=O)N(CC)Cc1ccccc1)N1CCC(NC(=O)OC(C)(C)C)C1.I. The summed E-state index contributed by atoms with van der Waals surface area (Å²) in [5, 5.41) is 6.18. The van der Waals surface area contributed by atoms with Crippen molar-refractivity contribution in [2.45, 2.75) is 59.2 Å². The smallest absolute Gasteiger partial charge is 0.407 e. The monoisotopic (exact) mass is 559 g/mol. The highest BCUT2D eigenvalue weighted by molar-refractivity contribution is 14.0. The van der Waals surface area contributed by atoms with E-state index in [9.17, 15) is 9.59 Å². The molecule has 1 fully saturated rings. The van der Waals surface area contributed by atoms with E-state index in [4.69, 9.17) is 4.74 Å². The first-order valence-corrected chi connectivity index (χ1v) is 11.1. The summed E-state index contributed by atoms with van der Waals surface area (Å²) in [6, 6.07) is 9.94. The van der Waals surface area contributed by atoms with E-state index in [1.165, 1.54) is 0 Å². The molecule has 1 aromatic rings. The van der Waals surface area contributed by atoms with Gasteiger partial charge >= 0.3 is 6.09 Å². The van der Waals surface area contributed by atoms with Gasteiger partial charge in [-0.25, -0.2) is 9.79 Å². The molecule has 0 aliphatic carbocycles. The predicted molar refractivity (Wildman–Crippen MR) is 138 cm³/mol. The number of rotatable bonds is 7. The second-order valence-corrected chi connectivity index (χ2v) is 8.64. The molecule has 1 unspecified atom stereocenters. The molecule has 0 saturated carbocycles. The number of hydrogen-bond acceptors (Lipinski definition) is 4. The van der Waals surface area contributed by atoms with Gasteiger partial charge in [0.25, 0.3) is 0 Å². The third kappa shape index (κ3) is 9.62. The summed E-state index contributed by atoms with van der Waals surface area (Å²) < 4.78 is 5.34. The van der Waals surface area contributed by atoms with Crippen LogP contribution >= 0.6 is 24.0 Å². The van der Waals surface area contributed by atoms with E-state index in [1.54, 1.807) is 4.90 Å². The topological polar surface area (TPSA) is 86.3 Å². The summed E-state index contributed by atoms with van der Waals surface area (Å²) in [4.78, 5) is 33.2. The number of likely N-dealkylation sites (N-methyl/N-ethyl adjacent to an activating group) is 1. The van der Waals surface area contributed by atoms with E-state index in [2.05, 4.69) is 20.5 Å². The van der Waals surface area contributed by atoms with E-state index in [0.717, 1.165) is 18.5 Å². The Bertz CT molecular complexity index is 752. The minimum atomic E-state index is -0.524. The van der Waals surface area contributed by atoms with Crippen molar-refractivity contribution < 1.29 is 14.3 Å². The van der Waals surface area contributed by atoms with Gasteiger partial charge in [0, 0.05) is 32.7 Å². The zero-order valence-corrected chi connectivity index (χ0v) is 22.2. The van der Waals surface area contributed by atoms with Crippen LogP contribution in [0.25, 0.3) is 0 Å². The number of guanidine groups is 1. The number of aliphatic imine (C=N–C) groups is 1. The molecule has 1 aliphatic heterocycles. The maximum atomic E-state index is 12.7. The number of benzene rings is 1. The normalized spacial score (nSPS) is 16.2. The molecule has 1 aromatic carbocycles. The van der Waals surface area contributed by atoms with Gasteiger partial charge in [-0.05, 0) is 46.6 Å². The fourth-order valence-corrected chi connectivity index (χ4v) is 3.39. The molecular weight excluding hydrogens is 521 g/mol. The number of likely N-dealkylation sites (tertiary alicyclic amines) is 1. The Labute approximate surface area is 209 Å². The molecule has 0 radical (unpaired) electrons. The summed E-state index contributed by atoms with van der Waals surface area (Å²) in [5.41, 5.74) is 0.577. The van der Waals surface area contributed by atoms with Gasteiger partial charge in [0.1, 0.15) is 12.1 Å². The van der Waals surface area contributed by atoms with E-state index in [0.29, 0.717) is 32.1 Å². The lowest BCUT2D eigenvalue weighted by Crippen LogP contribution is -2.44. The van der Waals surface area contributed by atoms with Crippen LogP contribution in [-0.2, 0) is 16.1 Å².